The van der Waals surface area contributed by atoms with Crippen molar-refractivity contribution in [3.05, 3.63) is 0 Å². The molecule has 0 atom stereocenters. The van der Waals surface area contributed by atoms with Crippen molar-refractivity contribution in [2.24, 2.45) is 0 Å². The molecule has 0 aromatic carbocycles. The summed E-state index contributed by atoms with van der Waals surface area (Å²) in [6, 6.07) is 0. The first kappa shape index (κ1) is 11.4. The Kier molecular flexibility index (Phi) is 5.20. The van der Waals surface area contributed by atoms with Crippen molar-refractivity contribution >= 4 is 0 Å². The average Bonchev–Trinajstić information content (AvgIpc) is 1.31. The summed E-state index contributed by atoms with van der Waals surface area (Å²) in [7, 11) is 0. The molecule has 0 aromatic heterocycles. The fourth-order valence-electron chi connectivity index (χ4n) is 0. The number of hydrogen-bond acceptors (Lipinski definition) is 0. The van der Waals surface area contributed by atoms with E-state index in [1.807, 2.05) is 0 Å². The molecule has 6 heteroatoms. The van der Waals surface area contributed by atoms with Gasteiger partial charge in [-0.05, 0) is 0 Å². The van der Waals surface area contributed by atoms with Gasteiger partial charge in [0, 0.05) is 0 Å². The predicted molar refractivity (Wildman–Crippen MR) is 13.2 cm³/mol. The monoisotopic (exact) mass is 144 g/mol. The van der Waals surface area contributed by atoms with E-state index in [2.05, 4.69) is 0 Å². The Morgan fingerprint density at radius 2 is 1.25 bits per heavy atom. The Labute approximate surface area is 65.8 Å². The molecule has 0 saturated heterocycles. The summed E-state index contributed by atoms with van der Waals surface area (Å²) in [5, 5.41) is 0. The summed E-state index contributed by atoms with van der Waals surface area (Å²) in [6.45, 7) is 0. The fourth-order valence-corrected chi connectivity index (χ4v) is 0. The second kappa shape index (κ2) is 3.63. The summed E-state index contributed by atoms with van der Waals surface area (Å²) in [6.07, 6.45) is -9.53. The molecule has 0 N–H and O–H groups in total. The van der Waals surface area contributed by atoms with Crippen LogP contribution in [-0.2, 0) is 0 Å². The van der Waals surface area contributed by atoms with Crippen LogP contribution in [-0.4, -0.2) is 12.6 Å². The van der Waals surface area contributed by atoms with E-state index in [0.29, 0.717) is 0 Å². The van der Waals surface area contributed by atoms with E-state index in [1.54, 1.807) is 0 Å². The predicted octanol–water partition coefficient (Wildman–Crippen LogP) is -1.07. The van der Waals surface area contributed by atoms with Crippen LogP contribution in [0.5, 0.6) is 0 Å². The van der Waals surface area contributed by atoms with E-state index in [0.717, 1.165) is 0 Å². The third-order valence-electron chi connectivity index (χ3n) is 0.247. The van der Waals surface area contributed by atoms with Crippen molar-refractivity contribution < 1.29 is 52.9 Å². The first-order chi connectivity index (χ1) is 2.94. The van der Waals surface area contributed by atoms with Crippen LogP contribution in [0, 0.1) is 0 Å². The Hall–Kier alpha value is 0.650. The van der Waals surface area contributed by atoms with E-state index < -0.39 is 12.6 Å². The van der Waals surface area contributed by atoms with E-state index in [4.69, 9.17) is 0 Å². The molecule has 0 saturated carbocycles. The zero-order valence-corrected chi connectivity index (χ0v) is 5.97. The van der Waals surface area contributed by atoms with Crippen molar-refractivity contribution in [2.75, 3.05) is 0 Å². The molecule has 0 heterocycles. The minimum Gasteiger partial charge on any atom is -1.00 e. The number of hydrogen-bond donors (Lipinski definition) is 0. The third kappa shape index (κ3) is 4.80. The first-order valence-electron chi connectivity index (χ1n) is 1.29. The number of alkyl halides is 5. The third-order valence-corrected chi connectivity index (χ3v) is 0.247. The first-order valence-corrected chi connectivity index (χ1v) is 1.29. The van der Waals surface area contributed by atoms with E-state index >= 15 is 0 Å². The van der Waals surface area contributed by atoms with E-state index in [9.17, 15) is 22.0 Å². The molecular weight excluding hydrogens is 142 g/mol. The smallest absolute Gasteiger partial charge is 1.00 e. The van der Waals surface area contributed by atoms with Gasteiger partial charge in [-0.3, -0.25) is 0 Å². The summed E-state index contributed by atoms with van der Waals surface area (Å²) >= 11 is 0. The molecule has 0 aliphatic carbocycles. The van der Waals surface area contributed by atoms with Gasteiger partial charge in [0.2, 0.25) is 0 Å². The topological polar surface area (TPSA) is 0 Å². The molecule has 0 unspecified atom stereocenters. The SMILES string of the molecule is FC(F)C(F)(F)F.[H-].[Na+]. The van der Waals surface area contributed by atoms with Crippen LogP contribution in [0.15, 0.2) is 0 Å². The fraction of sp³-hybridized carbons (Fsp3) is 1.00. The molecule has 0 bridgehead atoms. The van der Waals surface area contributed by atoms with Crippen LogP contribution in [0.25, 0.3) is 0 Å². The minimum absolute atomic E-state index is 0. The van der Waals surface area contributed by atoms with Crippen LogP contribution >= 0.6 is 0 Å². The molecule has 0 aliphatic heterocycles. The van der Waals surface area contributed by atoms with Crippen molar-refractivity contribution in [1.82, 2.24) is 0 Å². The van der Waals surface area contributed by atoms with Crippen LogP contribution in [0.3, 0.4) is 0 Å². The summed E-state index contributed by atoms with van der Waals surface area (Å²) in [5.74, 6) is 0. The van der Waals surface area contributed by atoms with E-state index in [1.165, 1.54) is 0 Å². The molecular formula is C2H2F5Na. The van der Waals surface area contributed by atoms with Gasteiger partial charge in [0.25, 0.3) is 0 Å². The second-order valence-corrected chi connectivity index (χ2v) is 0.842. The zero-order chi connectivity index (χ0) is 6.08. The van der Waals surface area contributed by atoms with E-state index in [-0.39, 0.29) is 31.0 Å². The second-order valence-electron chi connectivity index (χ2n) is 0.842. The van der Waals surface area contributed by atoms with Crippen molar-refractivity contribution in [2.45, 2.75) is 12.6 Å². The van der Waals surface area contributed by atoms with Crippen LogP contribution in [0.4, 0.5) is 22.0 Å². The van der Waals surface area contributed by atoms with Gasteiger partial charge in [0.15, 0.2) is 0 Å². The Morgan fingerprint density at radius 3 is 1.25 bits per heavy atom. The maximum Gasteiger partial charge on any atom is 1.00 e. The summed E-state index contributed by atoms with van der Waals surface area (Å²) < 4.78 is 52.1. The van der Waals surface area contributed by atoms with Crippen LogP contribution < -0.4 is 29.6 Å². The van der Waals surface area contributed by atoms with Crippen LogP contribution in [0.2, 0.25) is 0 Å². The van der Waals surface area contributed by atoms with Crippen LogP contribution in [0.1, 0.15) is 1.43 Å². The molecule has 0 amide bonds. The average molecular weight is 144 g/mol. The van der Waals surface area contributed by atoms with Gasteiger partial charge < -0.3 is 1.43 Å². The molecule has 8 heavy (non-hydrogen) atoms. The van der Waals surface area contributed by atoms with Gasteiger partial charge >= 0.3 is 42.2 Å². The maximum absolute atomic E-state index is 10.4. The molecule has 46 valence electrons. The molecule has 0 radical (unpaired) electrons. The van der Waals surface area contributed by atoms with Gasteiger partial charge in [0.05, 0.1) is 0 Å². The molecule has 0 nitrogen and oxygen atoms in total. The molecule has 0 aromatic rings. The molecule has 0 rings (SSSR count). The number of halogens is 5. The van der Waals surface area contributed by atoms with Gasteiger partial charge in [-0.2, -0.15) is 13.2 Å². The molecule has 0 fully saturated rings. The van der Waals surface area contributed by atoms with Gasteiger partial charge in [0.1, 0.15) is 0 Å². The maximum atomic E-state index is 10.4. The summed E-state index contributed by atoms with van der Waals surface area (Å²) in [5.41, 5.74) is 0. The zero-order valence-electron chi connectivity index (χ0n) is 4.97. The Balaban J connectivity index is -0.000000180. The van der Waals surface area contributed by atoms with Crippen molar-refractivity contribution in [1.29, 1.82) is 0 Å². The van der Waals surface area contributed by atoms with Crippen molar-refractivity contribution in [3.8, 4) is 0 Å². The Bertz CT molecular complexity index is 60.5. The molecule has 0 aliphatic rings. The largest absolute Gasteiger partial charge is 1.00 e. The quantitative estimate of drug-likeness (QED) is 0.300. The normalized spacial score (nSPS) is 11.2. The molecule has 0 spiro atoms. The number of rotatable bonds is 0. The Morgan fingerprint density at radius 1 is 1.12 bits per heavy atom. The minimum atomic E-state index is -5.33. The summed E-state index contributed by atoms with van der Waals surface area (Å²) in [4.78, 5) is 0. The van der Waals surface area contributed by atoms with Crippen molar-refractivity contribution in [3.63, 3.8) is 0 Å². The standard InChI is InChI=1S/C2HF5.Na.H/c3-1(4)2(5,6)7;;/h1H;;/q;+1;-1. The van der Waals surface area contributed by atoms with Gasteiger partial charge in [-0.1, -0.05) is 0 Å². The van der Waals surface area contributed by atoms with Gasteiger partial charge in [-0.15, -0.1) is 0 Å². The van der Waals surface area contributed by atoms with Gasteiger partial charge in [-0.25, -0.2) is 8.78 Å².